The first-order valence-corrected chi connectivity index (χ1v) is 8.71. The second-order valence-electron chi connectivity index (χ2n) is 5.37. The van der Waals surface area contributed by atoms with Gasteiger partial charge in [0.05, 0.1) is 18.6 Å². The predicted molar refractivity (Wildman–Crippen MR) is 91.9 cm³/mol. The van der Waals surface area contributed by atoms with Crippen LogP contribution < -0.4 is 0 Å². The number of hydrogen-bond acceptors (Lipinski definition) is 7. The molecule has 0 aliphatic heterocycles. The van der Waals surface area contributed by atoms with Crippen molar-refractivity contribution in [3.63, 3.8) is 0 Å². The Balaban J connectivity index is 1.47. The zero-order chi connectivity index (χ0) is 17.1. The van der Waals surface area contributed by atoms with E-state index in [1.807, 2.05) is 25.1 Å². The number of benzene rings is 1. The van der Waals surface area contributed by atoms with Gasteiger partial charge in [0.25, 0.3) is 5.89 Å². The van der Waals surface area contributed by atoms with E-state index in [0.717, 1.165) is 17.5 Å². The Bertz CT molecular complexity index is 947. The molecule has 0 spiro atoms. The van der Waals surface area contributed by atoms with Gasteiger partial charge in [-0.3, -0.25) is 0 Å². The van der Waals surface area contributed by atoms with E-state index >= 15 is 0 Å². The van der Waals surface area contributed by atoms with E-state index in [0.29, 0.717) is 23.3 Å². The smallest absolute Gasteiger partial charge is 0.283 e. The lowest BCUT2D eigenvalue weighted by molar-refractivity contribution is 0.494. The molecule has 0 aliphatic rings. The maximum Gasteiger partial charge on any atom is 0.283 e. The fourth-order valence-electron chi connectivity index (χ4n) is 2.35. The minimum Gasteiger partial charge on any atom is -0.459 e. The summed E-state index contributed by atoms with van der Waals surface area (Å²) in [4.78, 5) is 0. The summed E-state index contributed by atoms with van der Waals surface area (Å²) in [5.74, 6) is 2.84. The molecule has 0 fully saturated rings. The molecule has 0 bridgehead atoms. The zero-order valence-electron chi connectivity index (χ0n) is 13.5. The standard InChI is InChI=1S/C17H15N5O2S/c1-12-18-21-17(22(12)10-13-6-3-2-4-7-13)25-11-15-19-20-16(24-15)14-8-5-9-23-14/h2-9H,10-11H2,1H3. The van der Waals surface area contributed by atoms with Crippen LogP contribution in [0.15, 0.2) is 62.7 Å². The Morgan fingerprint density at radius 3 is 2.68 bits per heavy atom. The molecule has 25 heavy (non-hydrogen) atoms. The van der Waals surface area contributed by atoms with Crippen LogP contribution in [0.5, 0.6) is 0 Å². The number of rotatable bonds is 6. The van der Waals surface area contributed by atoms with Gasteiger partial charge in [-0.15, -0.1) is 20.4 Å². The first-order chi connectivity index (χ1) is 12.3. The van der Waals surface area contributed by atoms with E-state index in [1.165, 1.54) is 17.3 Å². The molecule has 126 valence electrons. The van der Waals surface area contributed by atoms with Gasteiger partial charge in [-0.2, -0.15) is 0 Å². The summed E-state index contributed by atoms with van der Waals surface area (Å²) in [6.07, 6.45) is 1.57. The molecule has 1 aromatic carbocycles. The summed E-state index contributed by atoms with van der Waals surface area (Å²) in [7, 11) is 0. The fourth-order valence-corrected chi connectivity index (χ4v) is 3.17. The normalized spacial score (nSPS) is 11.1. The maximum atomic E-state index is 5.62. The Hall–Kier alpha value is -2.87. The molecule has 7 nitrogen and oxygen atoms in total. The minimum absolute atomic E-state index is 0.377. The quantitative estimate of drug-likeness (QED) is 0.490. The molecule has 0 aliphatic carbocycles. The summed E-state index contributed by atoms with van der Waals surface area (Å²) in [6.45, 7) is 2.67. The minimum atomic E-state index is 0.377. The number of furan rings is 1. The van der Waals surface area contributed by atoms with Crippen molar-refractivity contribution >= 4 is 11.8 Å². The molecular weight excluding hydrogens is 338 g/mol. The van der Waals surface area contributed by atoms with E-state index in [-0.39, 0.29) is 0 Å². The molecule has 0 radical (unpaired) electrons. The van der Waals surface area contributed by atoms with Crippen LogP contribution in [0.1, 0.15) is 17.3 Å². The number of hydrogen-bond donors (Lipinski definition) is 0. The Morgan fingerprint density at radius 1 is 1.00 bits per heavy atom. The van der Waals surface area contributed by atoms with Crippen LogP contribution in [0, 0.1) is 6.92 Å². The van der Waals surface area contributed by atoms with Crippen molar-refractivity contribution in [2.24, 2.45) is 0 Å². The molecule has 4 rings (SSSR count). The second-order valence-corrected chi connectivity index (χ2v) is 6.31. The van der Waals surface area contributed by atoms with Gasteiger partial charge >= 0.3 is 0 Å². The average molecular weight is 353 g/mol. The second kappa shape index (κ2) is 6.94. The maximum absolute atomic E-state index is 5.62. The predicted octanol–water partition coefficient (Wildman–Crippen LogP) is 3.57. The molecule has 3 aromatic heterocycles. The van der Waals surface area contributed by atoms with E-state index in [1.54, 1.807) is 18.4 Å². The lowest BCUT2D eigenvalue weighted by Crippen LogP contribution is -2.03. The van der Waals surface area contributed by atoms with Crippen molar-refractivity contribution in [1.82, 2.24) is 25.0 Å². The largest absolute Gasteiger partial charge is 0.459 e. The van der Waals surface area contributed by atoms with Gasteiger partial charge in [-0.05, 0) is 24.6 Å². The van der Waals surface area contributed by atoms with Gasteiger partial charge in [0.15, 0.2) is 10.9 Å². The number of aromatic nitrogens is 5. The van der Waals surface area contributed by atoms with Gasteiger partial charge in [0, 0.05) is 0 Å². The molecule has 0 saturated heterocycles. The van der Waals surface area contributed by atoms with Crippen molar-refractivity contribution in [3.05, 3.63) is 66.0 Å². The van der Waals surface area contributed by atoms with Crippen molar-refractivity contribution in [1.29, 1.82) is 0 Å². The molecule has 3 heterocycles. The van der Waals surface area contributed by atoms with E-state index in [2.05, 4.69) is 37.1 Å². The summed E-state index contributed by atoms with van der Waals surface area (Å²) < 4.78 is 12.9. The van der Waals surface area contributed by atoms with Crippen LogP contribution in [-0.4, -0.2) is 25.0 Å². The van der Waals surface area contributed by atoms with E-state index in [9.17, 15) is 0 Å². The highest BCUT2D eigenvalue weighted by molar-refractivity contribution is 7.98. The molecule has 0 saturated carbocycles. The van der Waals surface area contributed by atoms with Gasteiger partial charge in [0.1, 0.15) is 5.82 Å². The first kappa shape index (κ1) is 15.6. The zero-order valence-corrected chi connectivity index (χ0v) is 14.3. The summed E-state index contributed by atoms with van der Waals surface area (Å²) in [5.41, 5.74) is 1.20. The Morgan fingerprint density at radius 2 is 1.88 bits per heavy atom. The van der Waals surface area contributed by atoms with Crippen molar-refractivity contribution < 1.29 is 8.83 Å². The van der Waals surface area contributed by atoms with Crippen LogP contribution in [-0.2, 0) is 12.3 Å². The molecular formula is C17H15N5O2S. The highest BCUT2D eigenvalue weighted by Crippen LogP contribution is 2.24. The van der Waals surface area contributed by atoms with Crippen molar-refractivity contribution in [2.75, 3.05) is 0 Å². The van der Waals surface area contributed by atoms with Gasteiger partial charge < -0.3 is 13.4 Å². The monoisotopic (exact) mass is 353 g/mol. The van der Waals surface area contributed by atoms with Crippen molar-refractivity contribution in [3.8, 4) is 11.7 Å². The third-order valence-corrected chi connectivity index (χ3v) is 4.56. The van der Waals surface area contributed by atoms with E-state index in [4.69, 9.17) is 8.83 Å². The third-order valence-electron chi connectivity index (χ3n) is 3.61. The van der Waals surface area contributed by atoms with Crippen LogP contribution in [0.3, 0.4) is 0 Å². The SMILES string of the molecule is Cc1nnc(SCc2nnc(-c3ccco3)o2)n1Cc1ccccc1. The number of thioether (sulfide) groups is 1. The Kier molecular flexibility index (Phi) is 4.34. The first-order valence-electron chi connectivity index (χ1n) is 7.72. The van der Waals surface area contributed by atoms with Crippen LogP contribution >= 0.6 is 11.8 Å². The van der Waals surface area contributed by atoms with E-state index < -0.39 is 0 Å². The molecule has 8 heteroatoms. The van der Waals surface area contributed by atoms with Crippen molar-refractivity contribution in [2.45, 2.75) is 24.4 Å². The highest BCUT2D eigenvalue weighted by atomic mass is 32.2. The molecule has 0 amide bonds. The van der Waals surface area contributed by atoms with Crippen LogP contribution in [0.25, 0.3) is 11.7 Å². The van der Waals surface area contributed by atoms with Gasteiger partial charge in [-0.1, -0.05) is 42.1 Å². The highest BCUT2D eigenvalue weighted by Gasteiger charge is 2.14. The summed E-state index contributed by atoms with van der Waals surface area (Å²) in [5, 5.41) is 17.3. The molecule has 0 unspecified atom stereocenters. The number of aryl methyl sites for hydroxylation is 1. The number of nitrogens with zero attached hydrogens (tertiary/aromatic N) is 5. The third kappa shape index (κ3) is 3.48. The average Bonchev–Trinajstić information content (AvgIpc) is 3.37. The molecule has 0 atom stereocenters. The molecule has 0 N–H and O–H groups in total. The van der Waals surface area contributed by atoms with Gasteiger partial charge in [0.2, 0.25) is 5.89 Å². The lowest BCUT2D eigenvalue weighted by atomic mass is 10.2. The Labute approximate surface area is 148 Å². The van der Waals surface area contributed by atoms with Crippen LogP contribution in [0.2, 0.25) is 0 Å². The summed E-state index contributed by atoms with van der Waals surface area (Å²) >= 11 is 1.51. The van der Waals surface area contributed by atoms with Gasteiger partial charge in [-0.25, -0.2) is 0 Å². The fraction of sp³-hybridized carbons (Fsp3) is 0.176. The lowest BCUT2D eigenvalue weighted by Gasteiger charge is -2.07. The molecule has 4 aromatic rings. The topological polar surface area (TPSA) is 82.8 Å². The summed E-state index contributed by atoms with van der Waals surface area (Å²) in [6, 6.07) is 13.8. The van der Waals surface area contributed by atoms with Crippen LogP contribution in [0.4, 0.5) is 0 Å².